The first kappa shape index (κ1) is 16.8. The van der Waals surface area contributed by atoms with Gasteiger partial charge in [-0.05, 0) is 35.9 Å². The monoisotopic (exact) mass is 340 g/mol. The normalized spacial score (nSPS) is 12.8. The number of carbonyl (C=O) groups excluding carboxylic acids is 1. The van der Waals surface area contributed by atoms with Crippen LogP contribution in [0.4, 0.5) is 0 Å². The van der Waals surface area contributed by atoms with E-state index in [4.69, 9.17) is 14.2 Å². The zero-order valence-corrected chi connectivity index (χ0v) is 14.0. The lowest BCUT2D eigenvalue weighted by molar-refractivity contribution is -0.116. The zero-order chi connectivity index (χ0) is 17.5. The summed E-state index contributed by atoms with van der Waals surface area (Å²) in [6.45, 7) is 1.53. The van der Waals surface area contributed by atoms with Crippen molar-refractivity contribution in [3.63, 3.8) is 0 Å². The van der Waals surface area contributed by atoms with Gasteiger partial charge in [0, 0.05) is 30.9 Å². The number of nitrogens with one attached hydrogen (secondary N) is 1. The molecular formula is C19H20N2O4. The van der Waals surface area contributed by atoms with Crippen LogP contribution in [0.25, 0.3) is 6.08 Å². The molecule has 25 heavy (non-hydrogen) atoms. The lowest BCUT2D eigenvalue weighted by Gasteiger charge is -2.20. The number of amides is 1. The van der Waals surface area contributed by atoms with Gasteiger partial charge in [0.25, 0.3) is 0 Å². The van der Waals surface area contributed by atoms with Crippen molar-refractivity contribution in [3.05, 3.63) is 53.9 Å². The number of nitrogens with zero attached hydrogens (tertiary/aromatic N) is 1. The molecule has 130 valence electrons. The highest BCUT2D eigenvalue weighted by Crippen LogP contribution is 2.40. The minimum atomic E-state index is -0.162. The Morgan fingerprint density at radius 3 is 3.00 bits per heavy atom. The third kappa shape index (κ3) is 4.50. The van der Waals surface area contributed by atoms with Crippen LogP contribution in [0.1, 0.15) is 11.3 Å². The van der Waals surface area contributed by atoms with Crippen molar-refractivity contribution >= 4 is 12.0 Å². The molecular weight excluding hydrogens is 320 g/mol. The summed E-state index contributed by atoms with van der Waals surface area (Å²) in [5.74, 6) is 1.66. The van der Waals surface area contributed by atoms with Gasteiger partial charge in [-0.3, -0.25) is 9.78 Å². The van der Waals surface area contributed by atoms with Gasteiger partial charge in [-0.15, -0.1) is 0 Å². The summed E-state index contributed by atoms with van der Waals surface area (Å²) in [6, 6.07) is 9.37. The van der Waals surface area contributed by atoms with E-state index in [2.05, 4.69) is 10.3 Å². The summed E-state index contributed by atoms with van der Waals surface area (Å²) in [6.07, 6.45) is 5.64. The Morgan fingerprint density at radius 2 is 2.20 bits per heavy atom. The van der Waals surface area contributed by atoms with Gasteiger partial charge in [-0.25, -0.2) is 0 Å². The fourth-order valence-electron chi connectivity index (χ4n) is 2.48. The van der Waals surface area contributed by atoms with Crippen molar-refractivity contribution in [3.8, 4) is 17.2 Å². The molecule has 1 N–H and O–H groups in total. The smallest absolute Gasteiger partial charge is 0.244 e. The van der Waals surface area contributed by atoms with Gasteiger partial charge in [0.15, 0.2) is 11.5 Å². The highest BCUT2D eigenvalue weighted by molar-refractivity contribution is 5.91. The highest BCUT2D eigenvalue weighted by atomic mass is 16.6. The van der Waals surface area contributed by atoms with Gasteiger partial charge in [0.1, 0.15) is 13.2 Å². The van der Waals surface area contributed by atoms with E-state index in [-0.39, 0.29) is 5.91 Å². The summed E-state index contributed by atoms with van der Waals surface area (Å²) >= 11 is 0. The van der Waals surface area contributed by atoms with Crippen LogP contribution in [-0.4, -0.2) is 37.8 Å². The molecule has 1 aliphatic heterocycles. The van der Waals surface area contributed by atoms with Crippen molar-refractivity contribution in [1.29, 1.82) is 0 Å². The Balaban J connectivity index is 1.58. The molecule has 0 saturated carbocycles. The first-order valence-electron chi connectivity index (χ1n) is 8.10. The third-order valence-corrected chi connectivity index (χ3v) is 3.68. The van der Waals surface area contributed by atoms with E-state index in [0.717, 1.165) is 11.3 Å². The van der Waals surface area contributed by atoms with E-state index in [1.54, 1.807) is 19.4 Å². The number of pyridine rings is 1. The maximum atomic E-state index is 11.9. The lowest BCUT2D eigenvalue weighted by atomic mass is 10.1. The van der Waals surface area contributed by atoms with Gasteiger partial charge >= 0.3 is 0 Å². The maximum absolute atomic E-state index is 11.9. The molecule has 2 aromatic rings. The number of carbonyl (C=O) groups is 1. The van der Waals surface area contributed by atoms with E-state index >= 15 is 0 Å². The molecule has 6 heteroatoms. The van der Waals surface area contributed by atoms with E-state index in [0.29, 0.717) is 43.4 Å². The van der Waals surface area contributed by atoms with Crippen molar-refractivity contribution < 1.29 is 19.0 Å². The predicted octanol–water partition coefficient (Wildman–Crippen LogP) is 2.23. The standard InChI is InChI=1S/C19H20N2O4/c1-23-16-12-14(13-17-19(16)25-11-10-24-17)5-6-18(22)21-9-7-15-4-2-3-8-20-15/h2-6,8,12-13H,7,9-11H2,1H3,(H,21,22)/b6-5+. The third-order valence-electron chi connectivity index (χ3n) is 3.68. The topological polar surface area (TPSA) is 69.7 Å². The predicted molar refractivity (Wildman–Crippen MR) is 94.0 cm³/mol. The fraction of sp³-hybridized carbons (Fsp3) is 0.263. The summed E-state index contributed by atoms with van der Waals surface area (Å²) in [4.78, 5) is 16.2. The molecule has 0 radical (unpaired) electrons. The van der Waals surface area contributed by atoms with E-state index in [1.807, 2.05) is 30.3 Å². The van der Waals surface area contributed by atoms with Crippen LogP contribution in [0.15, 0.2) is 42.6 Å². The van der Waals surface area contributed by atoms with Crippen LogP contribution in [0.3, 0.4) is 0 Å². The highest BCUT2D eigenvalue weighted by Gasteiger charge is 2.17. The minimum Gasteiger partial charge on any atom is -0.493 e. The van der Waals surface area contributed by atoms with Gasteiger partial charge in [0.2, 0.25) is 11.7 Å². The molecule has 2 heterocycles. The number of rotatable bonds is 6. The molecule has 0 spiro atoms. The lowest BCUT2D eigenvalue weighted by Crippen LogP contribution is -2.23. The Bertz CT molecular complexity index is 742. The Labute approximate surface area is 146 Å². The Kier molecular flexibility index (Phi) is 5.51. The number of hydrogen-bond donors (Lipinski definition) is 1. The number of hydrogen-bond acceptors (Lipinski definition) is 5. The SMILES string of the molecule is COc1cc(/C=C/C(=O)NCCc2ccccn2)cc2c1OCCO2. The maximum Gasteiger partial charge on any atom is 0.244 e. The zero-order valence-electron chi connectivity index (χ0n) is 14.0. The van der Waals surface area contributed by atoms with Gasteiger partial charge in [-0.2, -0.15) is 0 Å². The average Bonchev–Trinajstić information content (AvgIpc) is 2.66. The van der Waals surface area contributed by atoms with Crippen LogP contribution < -0.4 is 19.5 Å². The van der Waals surface area contributed by atoms with Crippen LogP contribution in [0, 0.1) is 0 Å². The van der Waals surface area contributed by atoms with Crippen LogP contribution in [-0.2, 0) is 11.2 Å². The fourth-order valence-corrected chi connectivity index (χ4v) is 2.48. The van der Waals surface area contributed by atoms with Crippen molar-refractivity contribution in [2.75, 3.05) is 26.9 Å². The first-order valence-corrected chi connectivity index (χ1v) is 8.10. The molecule has 6 nitrogen and oxygen atoms in total. The Hall–Kier alpha value is -3.02. The second kappa shape index (κ2) is 8.19. The number of fused-ring (bicyclic) bond motifs is 1. The van der Waals surface area contributed by atoms with Gasteiger partial charge in [0.05, 0.1) is 7.11 Å². The largest absolute Gasteiger partial charge is 0.493 e. The molecule has 1 aromatic heterocycles. The van der Waals surface area contributed by atoms with Crippen LogP contribution in [0.2, 0.25) is 0 Å². The summed E-state index contributed by atoms with van der Waals surface area (Å²) in [5.41, 5.74) is 1.75. The summed E-state index contributed by atoms with van der Waals surface area (Å²) in [7, 11) is 1.57. The molecule has 1 aromatic carbocycles. The summed E-state index contributed by atoms with van der Waals surface area (Å²) in [5, 5.41) is 2.84. The first-order chi connectivity index (χ1) is 12.3. The molecule has 0 saturated heterocycles. The number of benzene rings is 1. The molecule has 0 unspecified atom stereocenters. The number of methoxy groups -OCH3 is 1. The van der Waals surface area contributed by atoms with Crippen molar-refractivity contribution in [1.82, 2.24) is 10.3 Å². The average molecular weight is 340 g/mol. The molecule has 0 fully saturated rings. The van der Waals surface area contributed by atoms with E-state index in [1.165, 1.54) is 6.08 Å². The molecule has 0 atom stereocenters. The van der Waals surface area contributed by atoms with Crippen molar-refractivity contribution in [2.24, 2.45) is 0 Å². The minimum absolute atomic E-state index is 0.162. The van der Waals surface area contributed by atoms with Crippen LogP contribution in [0.5, 0.6) is 17.2 Å². The molecule has 1 aliphatic rings. The second-order valence-corrected chi connectivity index (χ2v) is 5.44. The van der Waals surface area contributed by atoms with Gasteiger partial charge in [-0.1, -0.05) is 6.07 Å². The molecule has 3 rings (SSSR count). The molecule has 1 amide bonds. The molecule has 0 bridgehead atoms. The molecule has 0 aliphatic carbocycles. The quantitative estimate of drug-likeness (QED) is 0.817. The Morgan fingerprint density at radius 1 is 1.32 bits per heavy atom. The summed E-state index contributed by atoms with van der Waals surface area (Å²) < 4.78 is 16.5. The van der Waals surface area contributed by atoms with E-state index in [9.17, 15) is 4.79 Å². The van der Waals surface area contributed by atoms with Crippen molar-refractivity contribution in [2.45, 2.75) is 6.42 Å². The second-order valence-electron chi connectivity index (χ2n) is 5.44. The van der Waals surface area contributed by atoms with E-state index < -0.39 is 0 Å². The number of aromatic nitrogens is 1. The number of ether oxygens (including phenoxy) is 3. The van der Waals surface area contributed by atoms with Gasteiger partial charge < -0.3 is 19.5 Å². The van der Waals surface area contributed by atoms with Crippen LogP contribution >= 0.6 is 0 Å².